The van der Waals surface area contributed by atoms with Crippen molar-refractivity contribution in [1.82, 2.24) is 0 Å². The fraction of sp³-hybridized carbons (Fsp3) is 0.333. The number of aldehydes is 1. The number of carbonyl (C=O) groups is 1. The first-order valence-electron chi connectivity index (χ1n) is 5.25. The molecule has 0 aromatic heterocycles. The van der Waals surface area contributed by atoms with Gasteiger partial charge in [0.05, 0.1) is 11.8 Å². The molecular weight excluding hydrogens is 240 g/mol. The van der Waals surface area contributed by atoms with E-state index in [1.165, 1.54) is 0 Å². The van der Waals surface area contributed by atoms with Gasteiger partial charge in [0.1, 0.15) is 6.29 Å². The average molecular weight is 253 g/mol. The van der Waals surface area contributed by atoms with Gasteiger partial charge in [-0.15, -0.1) is 0 Å². The lowest BCUT2D eigenvalue weighted by Gasteiger charge is -2.38. The number of nitrogens with one attached hydrogen (secondary N) is 1. The summed E-state index contributed by atoms with van der Waals surface area (Å²) in [5.41, 5.74) is 1.35. The topological polar surface area (TPSA) is 61.7 Å². The minimum atomic E-state index is -0.589. The van der Waals surface area contributed by atoms with Crippen LogP contribution >= 0.6 is 11.6 Å². The van der Waals surface area contributed by atoms with E-state index in [2.05, 4.69) is 10.5 Å². The molecule has 1 unspecified atom stereocenters. The van der Waals surface area contributed by atoms with Crippen LogP contribution < -0.4 is 5.32 Å². The van der Waals surface area contributed by atoms with Crippen molar-refractivity contribution in [2.45, 2.75) is 19.9 Å². The molecule has 0 radical (unpaired) electrons. The summed E-state index contributed by atoms with van der Waals surface area (Å²) in [5, 5.41) is 16.2. The van der Waals surface area contributed by atoms with Gasteiger partial charge in [0.25, 0.3) is 0 Å². The minimum Gasteiger partial charge on any atom is -0.411 e. The highest BCUT2D eigenvalue weighted by atomic mass is 35.5. The van der Waals surface area contributed by atoms with Crippen molar-refractivity contribution in [3.8, 4) is 0 Å². The van der Waals surface area contributed by atoms with Crippen LogP contribution in [-0.4, -0.2) is 23.2 Å². The van der Waals surface area contributed by atoms with E-state index in [1.54, 1.807) is 18.2 Å². The van der Waals surface area contributed by atoms with Crippen LogP contribution in [0.2, 0.25) is 5.02 Å². The molecule has 0 amide bonds. The SMILES string of the molecule is CC1(C)/C(=N/O)c2cc(Cl)ccc2NC1C=O. The third kappa shape index (κ3) is 1.78. The number of anilines is 1. The van der Waals surface area contributed by atoms with Gasteiger partial charge in [-0.25, -0.2) is 0 Å². The van der Waals surface area contributed by atoms with Gasteiger partial charge in [-0.05, 0) is 18.2 Å². The summed E-state index contributed by atoms with van der Waals surface area (Å²) in [7, 11) is 0. The Morgan fingerprint density at radius 3 is 2.82 bits per heavy atom. The lowest BCUT2D eigenvalue weighted by atomic mass is 9.74. The Labute approximate surface area is 104 Å². The number of oxime groups is 1. The molecule has 0 aliphatic carbocycles. The zero-order valence-corrected chi connectivity index (χ0v) is 10.3. The summed E-state index contributed by atoms with van der Waals surface area (Å²) in [6.07, 6.45) is 0.822. The molecule has 0 spiro atoms. The Balaban J connectivity index is 2.64. The Hall–Kier alpha value is -1.55. The van der Waals surface area contributed by atoms with Gasteiger partial charge < -0.3 is 15.3 Å². The molecular formula is C12H13ClN2O2. The number of hydrogen-bond acceptors (Lipinski definition) is 4. The molecule has 1 aromatic rings. The summed E-state index contributed by atoms with van der Waals surface area (Å²) in [6, 6.07) is 4.79. The van der Waals surface area contributed by atoms with Gasteiger partial charge in [0.2, 0.25) is 0 Å². The molecule has 0 saturated carbocycles. The zero-order chi connectivity index (χ0) is 12.6. The van der Waals surface area contributed by atoms with Crippen LogP contribution in [0.4, 0.5) is 5.69 Å². The highest BCUT2D eigenvalue weighted by Gasteiger charge is 2.41. The third-order valence-electron chi connectivity index (χ3n) is 3.17. The maximum atomic E-state index is 11.1. The van der Waals surface area contributed by atoms with Crippen molar-refractivity contribution in [3.05, 3.63) is 28.8 Å². The minimum absolute atomic E-state index is 0.429. The molecule has 5 heteroatoms. The van der Waals surface area contributed by atoms with E-state index in [9.17, 15) is 10.0 Å². The molecule has 1 aromatic carbocycles. The maximum Gasteiger partial charge on any atom is 0.143 e. The predicted octanol–water partition coefficient (Wildman–Crippen LogP) is 2.54. The second kappa shape index (κ2) is 4.04. The molecule has 2 N–H and O–H groups in total. The fourth-order valence-electron chi connectivity index (χ4n) is 2.07. The zero-order valence-electron chi connectivity index (χ0n) is 9.57. The Morgan fingerprint density at radius 1 is 1.53 bits per heavy atom. The number of carbonyl (C=O) groups excluding carboxylic acids is 1. The second-order valence-electron chi connectivity index (χ2n) is 4.62. The van der Waals surface area contributed by atoms with Crippen LogP contribution in [0.25, 0.3) is 0 Å². The highest BCUT2D eigenvalue weighted by molar-refractivity contribution is 6.31. The van der Waals surface area contributed by atoms with Gasteiger partial charge >= 0.3 is 0 Å². The lowest BCUT2D eigenvalue weighted by molar-refractivity contribution is -0.109. The van der Waals surface area contributed by atoms with Crippen LogP contribution in [0.15, 0.2) is 23.4 Å². The molecule has 17 heavy (non-hydrogen) atoms. The monoisotopic (exact) mass is 252 g/mol. The van der Waals surface area contributed by atoms with Crippen molar-refractivity contribution in [1.29, 1.82) is 0 Å². The van der Waals surface area contributed by atoms with Crippen LogP contribution in [0.5, 0.6) is 0 Å². The second-order valence-corrected chi connectivity index (χ2v) is 5.05. The predicted molar refractivity (Wildman–Crippen MR) is 67.0 cm³/mol. The number of fused-ring (bicyclic) bond motifs is 1. The van der Waals surface area contributed by atoms with Gasteiger partial charge in [-0.3, -0.25) is 0 Å². The Bertz CT molecular complexity index is 497. The van der Waals surface area contributed by atoms with E-state index >= 15 is 0 Å². The van der Waals surface area contributed by atoms with E-state index in [-0.39, 0.29) is 0 Å². The van der Waals surface area contributed by atoms with Crippen molar-refractivity contribution < 1.29 is 10.0 Å². The summed E-state index contributed by atoms with van der Waals surface area (Å²) >= 11 is 5.93. The van der Waals surface area contributed by atoms with E-state index < -0.39 is 11.5 Å². The smallest absolute Gasteiger partial charge is 0.143 e. The Kier molecular flexibility index (Phi) is 2.83. The van der Waals surface area contributed by atoms with Gasteiger partial charge in [-0.1, -0.05) is 30.6 Å². The van der Waals surface area contributed by atoms with E-state index in [1.807, 2.05) is 13.8 Å². The first-order valence-corrected chi connectivity index (χ1v) is 5.62. The van der Waals surface area contributed by atoms with Crippen LogP contribution in [0.3, 0.4) is 0 Å². The largest absolute Gasteiger partial charge is 0.411 e. The molecule has 1 aliphatic heterocycles. The molecule has 0 bridgehead atoms. The maximum absolute atomic E-state index is 11.1. The van der Waals surface area contributed by atoms with Crippen molar-refractivity contribution in [3.63, 3.8) is 0 Å². The summed E-state index contributed by atoms with van der Waals surface area (Å²) in [6.45, 7) is 3.69. The molecule has 0 fully saturated rings. The van der Waals surface area contributed by atoms with Crippen molar-refractivity contribution in [2.24, 2.45) is 10.6 Å². The standard InChI is InChI=1S/C12H13ClN2O2/c1-12(2)10(6-16)14-9-4-3-7(13)5-8(9)11(12)15-17/h3-6,10,14,17H,1-2H3/b15-11+. The van der Waals surface area contributed by atoms with Gasteiger partial charge in [0, 0.05) is 21.7 Å². The number of halogens is 1. The van der Waals surface area contributed by atoms with Gasteiger partial charge in [0.15, 0.2) is 0 Å². The normalized spacial score (nSPS) is 23.9. The van der Waals surface area contributed by atoms with Gasteiger partial charge in [-0.2, -0.15) is 0 Å². The third-order valence-corrected chi connectivity index (χ3v) is 3.41. The molecule has 1 heterocycles. The van der Waals surface area contributed by atoms with E-state index in [0.717, 1.165) is 17.5 Å². The summed E-state index contributed by atoms with van der Waals surface area (Å²) < 4.78 is 0. The summed E-state index contributed by atoms with van der Waals surface area (Å²) in [4.78, 5) is 11.1. The fourth-order valence-corrected chi connectivity index (χ4v) is 2.24. The number of hydrogen-bond donors (Lipinski definition) is 2. The van der Waals surface area contributed by atoms with Crippen LogP contribution in [-0.2, 0) is 4.79 Å². The quantitative estimate of drug-likeness (QED) is 0.459. The molecule has 4 nitrogen and oxygen atoms in total. The first kappa shape index (κ1) is 11.9. The van der Waals surface area contributed by atoms with Crippen LogP contribution in [0, 0.1) is 5.41 Å². The molecule has 0 saturated heterocycles. The average Bonchev–Trinajstić information content (AvgIpc) is 2.27. The number of nitrogens with zero attached hydrogens (tertiary/aromatic N) is 1. The van der Waals surface area contributed by atoms with E-state index in [4.69, 9.17) is 11.6 Å². The first-order chi connectivity index (χ1) is 8.00. The molecule has 1 aliphatic rings. The molecule has 1 atom stereocenters. The lowest BCUT2D eigenvalue weighted by Crippen LogP contribution is -2.47. The number of benzene rings is 1. The summed E-state index contributed by atoms with van der Waals surface area (Å²) in [5.74, 6) is 0. The Morgan fingerprint density at radius 2 is 2.24 bits per heavy atom. The molecule has 90 valence electrons. The van der Waals surface area contributed by atoms with Crippen molar-refractivity contribution in [2.75, 3.05) is 5.32 Å². The highest BCUT2D eigenvalue weighted by Crippen LogP contribution is 2.37. The molecule has 2 rings (SSSR count). The van der Waals surface area contributed by atoms with E-state index in [0.29, 0.717) is 10.7 Å². The van der Waals surface area contributed by atoms with Crippen LogP contribution in [0.1, 0.15) is 19.4 Å². The van der Waals surface area contributed by atoms with Crippen molar-refractivity contribution >= 4 is 29.3 Å². The number of rotatable bonds is 1.